The summed E-state index contributed by atoms with van der Waals surface area (Å²) in [5.41, 5.74) is 0. The second kappa shape index (κ2) is 2.94. The van der Waals surface area contributed by atoms with Crippen molar-refractivity contribution in [1.29, 1.82) is 0 Å². The molecule has 1 aliphatic rings. The number of carbonyl (C=O) groups is 1. The van der Waals surface area contributed by atoms with E-state index in [0.717, 1.165) is 6.29 Å². The molecule has 56 valence electrons. The standard InChI is InChI=1S/C7H11NO2/c1-8(2)7-4-3-6(5-9)10-7/h3-7H,1-2H3. The molecule has 0 fully saturated rings. The van der Waals surface area contributed by atoms with Gasteiger partial charge >= 0.3 is 0 Å². The maximum Gasteiger partial charge on any atom is 0.152 e. The van der Waals surface area contributed by atoms with E-state index in [1.807, 2.05) is 25.1 Å². The zero-order chi connectivity index (χ0) is 7.56. The van der Waals surface area contributed by atoms with Gasteiger partial charge in [0.2, 0.25) is 0 Å². The number of rotatable bonds is 2. The summed E-state index contributed by atoms with van der Waals surface area (Å²) in [4.78, 5) is 12.1. The molecule has 3 nitrogen and oxygen atoms in total. The van der Waals surface area contributed by atoms with E-state index in [-0.39, 0.29) is 12.3 Å². The van der Waals surface area contributed by atoms with Crippen molar-refractivity contribution >= 4 is 6.29 Å². The summed E-state index contributed by atoms with van der Waals surface area (Å²) in [6, 6.07) is 0. The molecule has 1 heterocycles. The van der Waals surface area contributed by atoms with Gasteiger partial charge in [0, 0.05) is 0 Å². The Hall–Kier alpha value is -0.670. The molecule has 1 rings (SSSR count). The smallest absolute Gasteiger partial charge is 0.152 e. The summed E-state index contributed by atoms with van der Waals surface area (Å²) in [6.45, 7) is 0. The largest absolute Gasteiger partial charge is 0.345 e. The van der Waals surface area contributed by atoms with E-state index < -0.39 is 0 Å². The minimum atomic E-state index is -0.340. The molecule has 0 bridgehead atoms. The van der Waals surface area contributed by atoms with Crippen LogP contribution in [0.15, 0.2) is 12.2 Å². The first-order chi connectivity index (χ1) is 4.74. The number of carbonyl (C=O) groups excluding carboxylic acids is 1. The van der Waals surface area contributed by atoms with Gasteiger partial charge in [-0.05, 0) is 26.2 Å². The predicted octanol–water partition coefficient (Wildman–Crippen LogP) is 0.0280. The molecule has 2 unspecified atom stereocenters. The fraction of sp³-hybridized carbons (Fsp3) is 0.571. The molecule has 0 saturated carbocycles. The van der Waals surface area contributed by atoms with Crippen molar-refractivity contribution in [3.8, 4) is 0 Å². The van der Waals surface area contributed by atoms with Crippen LogP contribution >= 0.6 is 0 Å². The van der Waals surface area contributed by atoms with E-state index in [9.17, 15) is 4.79 Å². The number of nitrogens with zero attached hydrogens (tertiary/aromatic N) is 1. The molecule has 0 aliphatic carbocycles. The molecular weight excluding hydrogens is 130 g/mol. The van der Waals surface area contributed by atoms with E-state index in [0.29, 0.717) is 0 Å². The number of hydrogen-bond donors (Lipinski definition) is 0. The highest BCUT2D eigenvalue weighted by molar-refractivity contribution is 5.60. The third-order valence-electron chi connectivity index (χ3n) is 1.41. The zero-order valence-electron chi connectivity index (χ0n) is 6.15. The van der Waals surface area contributed by atoms with E-state index in [4.69, 9.17) is 4.74 Å². The van der Waals surface area contributed by atoms with Crippen LogP contribution in [0.25, 0.3) is 0 Å². The van der Waals surface area contributed by atoms with Crippen LogP contribution in [-0.2, 0) is 9.53 Å². The molecule has 10 heavy (non-hydrogen) atoms. The lowest BCUT2D eigenvalue weighted by Crippen LogP contribution is -2.28. The lowest BCUT2D eigenvalue weighted by atomic mass is 10.4. The highest BCUT2D eigenvalue weighted by atomic mass is 16.5. The van der Waals surface area contributed by atoms with Gasteiger partial charge in [-0.15, -0.1) is 0 Å². The molecule has 3 heteroatoms. The van der Waals surface area contributed by atoms with Crippen molar-refractivity contribution in [1.82, 2.24) is 4.90 Å². The van der Waals surface area contributed by atoms with Crippen LogP contribution in [0.1, 0.15) is 0 Å². The van der Waals surface area contributed by atoms with E-state index >= 15 is 0 Å². The van der Waals surface area contributed by atoms with Crippen LogP contribution in [0.2, 0.25) is 0 Å². The Morgan fingerprint density at radius 3 is 2.50 bits per heavy atom. The summed E-state index contributed by atoms with van der Waals surface area (Å²) < 4.78 is 5.22. The third kappa shape index (κ3) is 1.43. The lowest BCUT2D eigenvalue weighted by molar-refractivity contribution is -0.119. The fourth-order valence-corrected chi connectivity index (χ4v) is 0.828. The minimum Gasteiger partial charge on any atom is -0.345 e. The van der Waals surface area contributed by atoms with Gasteiger partial charge in [-0.25, -0.2) is 0 Å². The van der Waals surface area contributed by atoms with Gasteiger partial charge in [0.1, 0.15) is 12.3 Å². The Kier molecular flexibility index (Phi) is 2.19. The van der Waals surface area contributed by atoms with Gasteiger partial charge in [0.05, 0.1) is 0 Å². The van der Waals surface area contributed by atoms with Crippen LogP contribution in [0.5, 0.6) is 0 Å². The van der Waals surface area contributed by atoms with Crippen LogP contribution in [0.4, 0.5) is 0 Å². The molecule has 2 atom stereocenters. The predicted molar refractivity (Wildman–Crippen MR) is 37.6 cm³/mol. The van der Waals surface area contributed by atoms with E-state index in [1.165, 1.54) is 0 Å². The van der Waals surface area contributed by atoms with Crippen molar-refractivity contribution in [2.75, 3.05) is 14.1 Å². The van der Waals surface area contributed by atoms with Crippen molar-refractivity contribution in [3.63, 3.8) is 0 Å². The van der Waals surface area contributed by atoms with Gasteiger partial charge in [-0.2, -0.15) is 0 Å². The maximum absolute atomic E-state index is 10.2. The average Bonchev–Trinajstić information content (AvgIpc) is 2.34. The number of ether oxygens (including phenoxy) is 1. The quantitative estimate of drug-likeness (QED) is 0.401. The first-order valence-electron chi connectivity index (χ1n) is 3.19. The fourth-order valence-electron chi connectivity index (χ4n) is 0.828. The highest BCUT2D eigenvalue weighted by Gasteiger charge is 2.19. The number of aldehydes is 1. The molecule has 0 aromatic rings. The molecule has 0 spiro atoms. The summed E-state index contributed by atoms with van der Waals surface area (Å²) in [5, 5.41) is 0. The lowest BCUT2D eigenvalue weighted by Gasteiger charge is -2.17. The molecule has 0 radical (unpaired) electrons. The van der Waals surface area contributed by atoms with Crippen molar-refractivity contribution in [3.05, 3.63) is 12.2 Å². The topological polar surface area (TPSA) is 29.5 Å². The molecular formula is C7H11NO2. The first-order valence-corrected chi connectivity index (χ1v) is 3.19. The Bertz CT molecular complexity index is 154. The van der Waals surface area contributed by atoms with Gasteiger partial charge in [0.15, 0.2) is 6.29 Å². The molecule has 1 aliphatic heterocycles. The molecule has 0 amide bonds. The summed E-state index contributed by atoms with van der Waals surface area (Å²) in [6.07, 6.45) is 4.05. The molecule has 0 aromatic carbocycles. The highest BCUT2D eigenvalue weighted by Crippen LogP contribution is 2.10. The van der Waals surface area contributed by atoms with Crippen LogP contribution in [-0.4, -0.2) is 37.6 Å². The van der Waals surface area contributed by atoms with Crippen LogP contribution in [0.3, 0.4) is 0 Å². The summed E-state index contributed by atoms with van der Waals surface area (Å²) in [5.74, 6) is 0. The van der Waals surface area contributed by atoms with E-state index in [2.05, 4.69) is 0 Å². The average molecular weight is 141 g/mol. The SMILES string of the molecule is CN(C)C1C=CC(C=O)O1. The van der Waals surface area contributed by atoms with Crippen molar-refractivity contribution < 1.29 is 9.53 Å². The second-order valence-electron chi connectivity index (χ2n) is 2.48. The zero-order valence-corrected chi connectivity index (χ0v) is 6.15. The van der Waals surface area contributed by atoms with Crippen molar-refractivity contribution in [2.24, 2.45) is 0 Å². The van der Waals surface area contributed by atoms with Crippen LogP contribution < -0.4 is 0 Å². The van der Waals surface area contributed by atoms with Gasteiger partial charge in [0.25, 0.3) is 0 Å². The van der Waals surface area contributed by atoms with E-state index in [1.54, 1.807) is 6.08 Å². The Morgan fingerprint density at radius 1 is 1.50 bits per heavy atom. The molecule has 0 N–H and O–H groups in total. The Labute approximate surface area is 60.3 Å². The first kappa shape index (κ1) is 7.44. The van der Waals surface area contributed by atoms with Gasteiger partial charge in [-0.1, -0.05) is 0 Å². The van der Waals surface area contributed by atoms with Crippen molar-refractivity contribution in [2.45, 2.75) is 12.3 Å². The summed E-state index contributed by atoms with van der Waals surface area (Å²) in [7, 11) is 3.81. The Morgan fingerprint density at radius 2 is 2.20 bits per heavy atom. The third-order valence-corrected chi connectivity index (χ3v) is 1.41. The minimum absolute atomic E-state index is 0.0322. The molecule has 0 saturated heterocycles. The second-order valence-corrected chi connectivity index (χ2v) is 2.48. The van der Waals surface area contributed by atoms with Crippen LogP contribution in [0, 0.1) is 0 Å². The number of likely N-dealkylation sites (N-methyl/N-ethyl adjacent to an activating group) is 1. The van der Waals surface area contributed by atoms with Gasteiger partial charge in [-0.3, -0.25) is 4.90 Å². The number of hydrogen-bond acceptors (Lipinski definition) is 3. The molecule has 0 aromatic heterocycles. The Balaban J connectivity index is 2.45. The maximum atomic E-state index is 10.2. The monoisotopic (exact) mass is 141 g/mol. The normalized spacial score (nSPS) is 31.5. The van der Waals surface area contributed by atoms with Gasteiger partial charge < -0.3 is 9.53 Å². The summed E-state index contributed by atoms with van der Waals surface area (Å²) >= 11 is 0.